The average Bonchev–Trinajstić information content (AvgIpc) is 2.80. The molecule has 1 amide bonds. The lowest BCUT2D eigenvalue weighted by molar-refractivity contribution is -0.115. The number of hydrogen-bond donors (Lipinski definition) is 2. The van der Waals surface area contributed by atoms with E-state index in [1.807, 2.05) is 38.2 Å². The molecule has 33 heavy (non-hydrogen) atoms. The number of allylic oxidation sites excluding steroid dienone is 1. The third-order valence-corrected chi connectivity index (χ3v) is 4.75. The van der Waals surface area contributed by atoms with Crippen molar-refractivity contribution in [3.05, 3.63) is 90.5 Å². The Kier molecular flexibility index (Phi) is 7.86. The molecule has 7 nitrogen and oxygen atoms in total. The molecule has 0 spiro atoms. The minimum Gasteiger partial charge on any atom is -0.382 e. The van der Waals surface area contributed by atoms with Crippen molar-refractivity contribution in [2.24, 2.45) is 0 Å². The van der Waals surface area contributed by atoms with Crippen LogP contribution in [0.3, 0.4) is 0 Å². The first-order chi connectivity index (χ1) is 15.9. The summed E-state index contributed by atoms with van der Waals surface area (Å²) in [6.45, 7) is 5.77. The molecule has 2 aromatic heterocycles. The Morgan fingerprint density at radius 3 is 2.48 bits per heavy atom. The van der Waals surface area contributed by atoms with E-state index in [-0.39, 0.29) is 12.3 Å². The summed E-state index contributed by atoms with van der Waals surface area (Å²) in [6, 6.07) is 6.59. The van der Waals surface area contributed by atoms with Gasteiger partial charge in [-0.1, -0.05) is 25.6 Å². The van der Waals surface area contributed by atoms with Crippen molar-refractivity contribution in [1.29, 1.82) is 0 Å². The minimum atomic E-state index is -0.465. The molecule has 0 saturated heterocycles. The molecule has 0 fully saturated rings. The largest absolute Gasteiger partial charge is 0.382 e. The van der Waals surface area contributed by atoms with Gasteiger partial charge in [0.25, 0.3) is 0 Å². The zero-order valence-electron chi connectivity index (χ0n) is 19.0. The van der Waals surface area contributed by atoms with Crippen LogP contribution in [-0.2, 0) is 17.6 Å². The van der Waals surface area contributed by atoms with E-state index < -0.39 is 5.82 Å². The third-order valence-electron chi connectivity index (χ3n) is 4.75. The van der Waals surface area contributed by atoms with E-state index in [1.54, 1.807) is 43.0 Å². The summed E-state index contributed by atoms with van der Waals surface area (Å²) in [4.78, 5) is 26.9. The van der Waals surface area contributed by atoms with E-state index in [0.29, 0.717) is 28.3 Å². The maximum Gasteiger partial charge on any atom is 0.228 e. The number of halogens is 1. The van der Waals surface area contributed by atoms with Crippen LogP contribution < -0.4 is 10.6 Å². The van der Waals surface area contributed by atoms with E-state index >= 15 is 0 Å². The second kappa shape index (κ2) is 11.0. The molecule has 3 aromatic rings. The van der Waals surface area contributed by atoms with Crippen LogP contribution in [0.1, 0.15) is 18.1 Å². The summed E-state index contributed by atoms with van der Waals surface area (Å²) in [5, 5.41) is 5.83. The number of aromatic nitrogens is 3. The molecular formula is C25H27FN6O. The van der Waals surface area contributed by atoms with Gasteiger partial charge in [-0.25, -0.2) is 14.4 Å². The lowest BCUT2D eigenvalue weighted by Crippen LogP contribution is -2.15. The number of carbonyl (C=O) groups excluding carboxylic acids is 1. The molecule has 8 heteroatoms. The van der Waals surface area contributed by atoms with Crippen LogP contribution in [0.2, 0.25) is 0 Å². The van der Waals surface area contributed by atoms with Crippen molar-refractivity contribution in [1.82, 2.24) is 19.9 Å². The Morgan fingerprint density at radius 1 is 1.09 bits per heavy atom. The van der Waals surface area contributed by atoms with Crippen LogP contribution >= 0.6 is 0 Å². The first kappa shape index (κ1) is 23.6. The Hall–Kier alpha value is -4.07. The van der Waals surface area contributed by atoms with Gasteiger partial charge in [0, 0.05) is 44.4 Å². The topological polar surface area (TPSA) is 83.0 Å². The highest BCUT2D eigenvalue weighted by Crippen LogP contribution is 2.22. The van der Waals surface area contributed by atoms with Crippen molar-refractivity contribution < 1.29 is 9.18 Å². The van der Waals surface area contributed by atoms with Crippen LogP contribution in [0.4, 0.5) is 16.0 Å². The normalized spacial score (nSPS) is 11.1. The Morgan fingerprint density at radius 2 is 1.85 bits per heavy atom. The molecule has 0 saturated carbocycles. The average molecular weight is 447 g/mol. The van der Waals surface area contributed by atoms with Gasteiger partial charge < -0.3 is 15.5 Å². The number of nitrogens with zero attached hydrogens (tertiary/aromatic N) is 4. The van der Waals surface area contributed by atoms with Crippen LogP contribution in [0.25, 0.3) is 11.1 Å². The highest BCUT2D eigenvalue weighted by Gasteiger charge is 2.11. The molecular weight excluding hydrogens is 419 g/mol. The lowest BCUT2D eigenvalue weighted by atomic mass is 10.0. The van der Waals surface area contributed by atoms with Crippen LogP contribution in [0.15, 0.2) is 73.6 Å². The molecule has 2 N–H and O–H groups in total. The van der Waals surface area contributed by atoms with E-state index in [0.717, 1.165) is 17.7 Å². The SMILES string of the molecule is C=C/C(=C\N(C)C)Nc1ncc(-c2ccc(CC(=O)Nc3cncc(CC)c3)c(F)c2)cn1. The molecule has 2 heterocycles. The standard InChI is InChI=1S/C25H27FN6O/c1-5-17-9-22(15-27-12-17)30-24(33)11-19-8-7-18(10-23(19)26)20-13-28-25(29-14-20)31-21(6-2)16-32(3)4/h6-10,12-16H,2,5,11H2,1,3-4H3,(H,30,33)(H,28,29,31)/b21-16+. The highest BCUT2D eigenvalue weighted by molar-refractivity contribution is 5.92. The molecule has 1 aromatic carbocycles. The number of nitrogens with one attached hydrogen (secondary N) is 2. The fourth-order valence-corrected chi connectivity index (χ4v) is 3.08. The molecule has 0 aliphatic carbocycles. The summed E-state index contributed by atoms with van der Waals surface area (Å²) >= 11 is 0. The number of rotatable bonds is 9. The smallest absolute Gasteiger partial charge is 0.228 e. The van der Waals surface area contributed by atoms with Gasteiger partial charge in [0.2, 0.25) is 11.9 Å². The second-order valence-electron chi connectivity index (χ2n) is 7.64. The number of benzene rings is 1. The van der Waals surface area contributed by atoms with E-state index in [1.165, 1.54) is 6.07 Å². The van der Waals surface area contributed by atoms with Gasteiger partial charge in [0.15, 0.2) is 0 Å². The Bertz CT molecular complexity index is 1160. The molecule has 0 bridgehead atoms. The number of amides is 1. The third kappa shape index (κ3) is 6.70. The maximum atomic E-state index is 14.7. The fraction of sp³-hybridized carbons (Fsp3) is 0.200. The Balaban J connectivity index is 1.67. The number of pyridine rings is 1. The van der Waals surface area contributed by atoms with Gasteiger partial charge >= 0.3 is 0 Å². The van der Waals surface area contributed by atoms with Crippen molar-refractivity contribution in [2.45, 2.75) is 19.8 Å². The van der Waals surface area contributed by atoms with Gasteiger partial charge in [0.05, 0.1) is 24.0 Å². The zero-order chi connectivity index (χ0) is 23.8. The van der Waals surface area contributed by atoms with E-state index in [2.05, 4.69) is 32.2 Å². The number of anilines is 2. The van der Waals surface area contributed by atoms with Crippen molar-refractivity contribution in [2.75, 3.05) is 24.7 Å². The molecule has 3 rings (SSSR count). The van der Waals surface area contributed by atoms with Crippen LogP contribution in [0.5, 0.6) is 0 Å². The Labute approximate surface area is 193 Å². The second-order valence-corrected chi connectivity index (χ2v) is 7.64. The summed E-state index contributed by atoms with van der Waals surface area (Å²) < 4.78 is 14.7. The van der Waals surface area contributed by atoms with E-state index in [4.69, 9.17) is 0 Å². The molecule has 170 valence electrons. The predicted octanol–water partition coefficient (Wildman–Crippen LogP) is 4.42. The van der Waals surface area contributed by atoms with Crippen LogP contribution in [-0.4, -0.2) is 39.9 Å². The molecule has 0 aliphatic rings. The van der Waals surface area contributed by atoms with Gasteiger partial charge in [-0.05, 0) is 41.3 Å². The lowest BCUT2D eigenvalue weighted by Gasteiger charge is -2.11. The van der Waals surface area contributed by atoms with Gasteiger partial charge in [0.1, 0.15) is 5.82 Å². The molecule has 0 atom stereocenters. The van der Waals surface area contributed by atoms with Gasteiger partial charge in [-0.15, -0.1) is 0 Å². The van der Waals surface area contributed by atoms with Crippen molar-refractivity contribution in [3.63, 3.8) is 0 Å². The van der Waals surface area contributed by atoms with Gasteiger partial charge in [-0.2, -0.15) is 0 Å². The monoisotopic (exact) mass is 446 g/mol. The molecule has 0 unspecified atom stereocenters. The predicted molar refractivity (Wildman–Crippen MR) is 129 cm³/mol. The fourth-order valence-electron chi connectivity index (χ4n) is 3.08. The number of hydrogen-bond acceptors (Lipinski definition) is 6. The minimum absolute atomic E-state index is 0.0790. The number of carbonyl (C=O) groups is 1. The summed E-state index contributed by atoms with van der Waals surface area (Å²) in [7, 11) is 3.80. The summed E-state index contributed by atoms with van der Waals surface area (Å²) in [5.74, 6) is -0.366. The zero-order valence-corrected chi connectivity index (χ0v) is 19.0. The summed E-state index contributed by atoms with van der Waals surface area (Å²) in [6.07, 6.45) is 10.8. The molecule has 0 radical (unpaired) electrons. The molecule has 0 aliphatic heterocycles. The first-order valence-corrected chi connectivity index (χ1v) is 10.5. The van der Waals surface area contributed by atoms with E-state index in [9.17, 15) is 9.18 Å². The maximum absolute atomic E-state index is 14.7. The first-order valence-electron chi connectivity index (χ1n) is 10.5. The number of aryl methyl sites for hydroxylation is 1. The summed E-state index contributed by atoms with van der Waals surface area (Å²) in [5.41, 5.74) is 3.95. The van der Waals surface area contributed by atoms with Gasteiger partial charge in [-0.3, -0.25) is 9.78 Å². The van der Waals surface area contributed by atoms with Crippen molar-refractivity contribution in [3.8, 4) is 11.1 Å². The van der Waals surface area contributed by atoms with Crippen molar-refractivity contribution >= 4 is 17.5 Å². The quantitative estimate of drug-likeness (QED) is 0.474. The highest BCUT2D eigenvalue weighted by atomic mass is 19.1. The van der Waals surface area contributed by atoms with Crippen LogP contribution in [0, 0.1) is 5.82 Å².